The Hall–Kier alpha value is -2.92. The molecule has 0 aliphatic rings. The fourth-order valence-corrected chi connectivity index (χ4v) is 2.47. The van der Waals surface area contributed by atoms with Gasteiger partial charge >= 0.3 is 0 Å². The van der Waals surface area contributed by atoms with E-state index in [-0.39, 0.29) is 6.54 Å². The van der Waals surface area contributed by atoms with Crippen molar-refractivity contribution in [1.82, 2.24) is 15.3 Å². The van der Waals surface area contributed by atoms with Crippen LogP contribution in [0, 0.1) is 0 Å². The number of carbonyl (C=O) groups is 1. The van der Waals surface area contributed by atoms with Crippen molar-refractivity contribution >= 4 is 5.91 Å². The van der Waals surface area contributed by atoms with E-state index >= 15 is 0 Å². The van der Waals surface area contributed by atoms with Crippen LogP contribution in [-0.2, 0) is 16.9 Å². The van der Waals surface area contributed by atoms with E-state index in [4.69, 9.17) is 0 Å². The molecule has 1 heterocycles. The van der Waals surface area contributed by atoms with Crippen LogP contribution < -0.4 is 5.32 Å². The Kier molecular flexibility index (Phi) is 4.21. The van der Waals surface area contributed by atoms with Gasteiger partial charge in [-0.25, -0.2) is 4.98 Å². The Labute approximate surface area is 134 Å². The van der Waals surface area contributed by atoms with Crippen molar-refractivity contribution in [3.8, 4) is 0 Å². The van der Waals surface area contributed by atoms with Crippen molar-refractivity contribution in [2.75, 3.05) is 0 Å². The van der Waals surface area contributed by atoms with Gasteiger partial charge in [0.2, 0.25) is 0 Å². The number of aromatic nitrogens is 2. The summed E-state index contributed by atoms with van der Waals surface area (Å²) in [6, 6.07) is 17.8. The van der Waals surface area contributed by atoms with Crippen LogP contribution in [0.4, 0.5) is 0 Å². The molecule has 2 aromatic carbocycles. The van der Waals surface area contributed by atoms with Crippen LogP contribution >= 0.6 is 0 Å². The minimum Gasteiger partial charge on any atom is -0.372 e. The molecule has 0 saturated carbocycles. The molecule has 5 heteroatoms. The zero-order chi connectivity index (χ0) is 16.1. The minimum atomic E-state index is -1.75. The van der Waals surface area contributed by atoms with E-state index in [9.17, 15) is 9.90 Å². The van der Waals surface area contributed by atoms with E-state index in [0.717, 1.165) is 0 Å². The zero-order valence-electron chi connectivity index (χ0n) is 12.4. The summed E-state index contributed by atoms with van der Waals surface area (Å²) in [5.74, 6) is 0.133. The Morgan fingerprint density at radius 3 is 2.09 bits per heavy atom. The lowest BCUT2D eigenvalue weighted by Crippen LogP contribution is -2.45. The summed E-state index contributed by atoms with van der Waals surface area (Å²) in [5, 5.41) is 13.9. The van der Waals surface area contributed by atoms with Gasteiger partial charge < -0.3 is 15.4 Å². The van der Waals surface area contributed by atoms with E-state index in [1.165, 1.54) is 0 Å². The van der Waals surface area contributed by atoms with Gasteiger partial charge in [-0.1, -0.05) is 60.7 Å². The van der Waals surface area contributed by atoms with Crippen molar-refractivity contribution in [2.24, 2.45) is 0 Å². The second-order valence-electron chi connectivity index (χ2n) is 5.16. The Balaban J connectivity index is 1.93. The van der Waals surface area contributed by atoms with E-state index < -0.39 is 11.5 Å². The molecule has 23 heavy (non-hydrogen) atoms. The fourth-order valence-electron chi connectivity index (χ4n) is 2.47. The van der Waals surface area contributed by atoms with Crippen LogP contribution in [0.3, 0.4) is 0 Å². The standard InChI is InChI=1S/C18H17N3O2/c22-17(21-13-16-19-11-12-20-16)18(23,14-7-3-1-4-8-14)15-9-5-2-6-10-15/h1-12,23H,13H2,(H,19,20)(H,21,22). The highest BCUT2D eigenvalue weighted by Gasteiger charge is 2.39. The summed E-state index contributed by atoms with van der Waals surface area (Å²) in [5.41, 5.74) is -0.721. The highest BCUT2D eigenvalue weighted by atomic mass is 16.3. The topological polar surface area (TPSA) is 78.0 Å². The number of imidazole rings is 1. The number of aromatic amines is 1. The van der Waals surface area contributed by atoms with Crippen molar-refractivity contribution < 1.29 is 9.90 Å². The van der Waals surface area contributed by atoms with Gasteiger partial charge in [-0.05, 0) is 11.1 Å². The van der Waals surface area contributed by atoms with Gasteiger partial charge in [0.1, 0.15) is 5.82 Å². The van der Waals surface area contributed by atoms with E-state index in [1.54, 1.807) is 60.9 Å². The van der Waals surface area contributed by atoms with Gasteiger partial charge in [-0.3, -0.25) is 4.79 Å². The molecular weight excluding hydrogens is 290 g/mol. The van der Waals surface area contributed by atoms with Crippen LogP contribution in [0.5, 0.6) is 0 Å². The molecule has 116 valence electrons. The van der Waals surface area contributed by atoms with E-state index in [1.807, 2.05) is 12.1 Å². The SMILES string of the molecule is O=C(NCc1ncc[nH]1)C(O)(c1ccccc1)c1ccccc1. The Morgan fingerprint density at radius 1 is 1.04 bits per heavy atom. The maximum absolute atomic E-state index is 12.8. The third-order valence-electron chi connectivity index (χ3n) is 3.68. The molecule has 1 amide bonds. The van der Waals surface area contributed by atoms with E-state index in [2.05, 4.69) is 15.3 Å². The van der Waals surface area contributed by atoms with Crippen LogP contribution in [-0.4, -0.2) is 21.0 Å². The second kappa shape index (κ2) is 6.46. The molecule has 0 saturated heterocycles. The van der Waals surface area contributed by atoms with Crippen LogP contribution in [0.15, 0.2) is 73.1 Å². The first-order chi connectivity index (χ1) is 11.2. The average molecular weight is 307 g/mol. The summed E-state index contributed by atoms with van der Waals surface area (Å²) < 4.78 is 0. The Morgan fingerprint density at radius 2 is 1.61 bits per heavy atom. The molecule has 0 atom stereocenters. The summed E-state index contributed by atoms with van der Waals surface area (Å²) in [6.45, 7) is 0.216. The van der Waals surface area contributed by atoms with Gasteiger partial charge in [0.15, 0.2) is 5.60 Å². The smallest absolute Gasteiger partial charge is 0.261 e. The number of benzene rings is 2. The molecule has 0 aliphatic heterocycles. The zero-order valence-corrected chi connectivity index (χ0v) is 12.4. The van der Waals surface area contributed by atoms with Crippen LogP contribution in [0.1, 0.15) is 17.0 Å². The molecule has 3 N–H and O–H groups in total. The predicted molar refractivity (Wildman–Crippen MR) is 86.3 cm³/mol. The first kappa shape index (κ1) is 15.0. The lowest BCUT2D eigenvalue weighted by atomic mass is 9.85. The van der Waals surface area contributed by atoms with Crippen molar-refractivity contribution in [3.05, 3.63) is 90.0 Å². The highest BCUT2D eigenvalue weighted by Crippen LogP contribution is 2.29. The summed E-state index contributed by atoms with van der Waals surface area (Å²) in [7, 11) is 0. The summed E-state index contributed by atoms with van der Waals surface area (Å²) in [4.78, 5) is 19.7. The number of H-pyrrole nitrogens is 1. The summed E-state index contributed by atoms with van der Waals surface area (Å²) >= 11 is 0. The molecule has 0 fully saturated rings. The first-order valence-corrected chi connectivity index (χ1v) is 7.31. The molecule has 5 nitrogen and oxygen atoms in total. The van der Waals surface area contributed by atoms with E-state index in [0.29, 0.717) is 17.0 Å². The lowest BCUT2D eigenvalue weighted by Gasteiger charge is -2.28. The normalized spacial score (nSPS) is 11.2. The third-order valence-corrected chi connectivity index (χ3v) is 3.68. The first-order valence-electron chi connectivity index (χ1n) is 7.31. The van der Waals surface area contributed by atoms with Crippen molar-refractivity contribution in [1.29, 1.82) is 0 Å². The molecule has 0 radical (unpaired) electrons. The highest BCUT2D eigenvalue weighted by molar-refractivity contribution is 5.90. The molecule has 1 aromatic heterocycles. The largest absolute Gasteiger partial charge is 0.372 e. The molecule has 0 bridgehead atoms. The molecule has 0 unspecified atom stereocenters. The van der Waals surface area contributed by atoms with Gasteiger partial charge in [-0.15, -0.1) is 0 Å². The van der Waals surface area contributed by atoms with Crippen LogP contribution in [0.25, 0.3) is 0 Å². The maximum atomic E-state index is 12.8. The van der Waals surface area contributed by atoms with Gasteiger partial charge in [0.05, 0.1) is 6.54 Å². The Bertz CT molecular complexity index is 716. The van der Waals surface area contributed by atoms with Crippen molar-refractivity contribution in [3.63, 3.8) is 0 Å². The van der Waals surface area contributed by atoms with Gasteiger partial charge in [0.25, 0.3) is 5.91 Å². The number of nitrogens with zero attached hydrogens (tertiary/aromatic N) is 1. The molecule has 3 rings (SSSR count). The fraction of sp³-hybridized carbons (Fsp3) is 0.111. The average Bonchev–Trinajstić information content (AvgIpc) is 3.14. The van der Waals surface area contributed by atoms with Gasteiger partial charge in [-0.2, -0.15) is 0 Å². The number of nitrogens with one attached hydrogen (secondary N) is 2. The number of rotatable bonds is 5. The molecule has 0 aliphatic carbocycles. The molecule has 0 spiro atoms. The minimum absolute atomic E-state index is 0.216. The quantitative estimate of drug-likeness (QED) is 0.674. The second-order valence-corrected chi connectivity index (χ2v) is 5.16. The number of aliphatic hydroxyl groups is 1. The van der Waals surface area contributed by atoms with Crippen LogP contribution in [0.2, 0.25) is 0 Å². The summed E-state index contributed by atoms with van der Waals surface area (Å²) in [6.07, 6.45) is 3.30. The number of hydrogen-bond acceptors (Lipinski definition) is 3. The predicted octanol–water partition coefficient (Wildman–Crippen LogP) is 1.96. The number of carbonyl (C=O) groups excluding carboxylic acids is 1. The van der Waals surface area contributed by atoms with Crippen molar-refractivity contribution in [2.45, 2.75) is 12.1 Å². The lowest BCUT2D eigenvalue weighted by molar-refractivity contribution is -0.136. The molecule has 3 aromatic rings. The number of hydrogen-bond donors (Lipinski definition) is 3. The monoisotopic (exact) mass is 307 g/mol. The third kappa shape index (κ3) is 3.00. The maximum Gasteiger partial charge on any atom is 0.261 e. The number of amides is 1. The molecular formula is C18H17N3O2. The van der Waals surface area contributed by atoms with Gasteiger partial charge in [0, 0.05) is 12.4 Å².